The van der Waals surface area contributed by atoms with E-state index in [-0.39, 0.29) is 6.61 Å². The van der Waals surface area contributed by atoms with E-state index < -0.39 is 0 Å². The monoisotopic (exact) mass is 197 g/mol. The van der Waals surface area contributed by atoms with Gasteiger partial charge >= 0.3 is 0 Å². The average molecular weight is 198 g/mol. The summed E-state index contributed by atoms with van der Waals surface area (Å²) in [5.41, 5.74) is 0. The van der Waals surface area contributed by atoms with Gasteiger partial charge in [-0.15, -0.1) is 6.42 Å². The molecular weight excluding hydrogens is 190 g/mol. The third-order valence-electron chi connectivity index (χ3n) is 1.36. The molecule has 0 aliphatic rings. The molecule has 0 aliphatic carbocycles. The highest BCUT2D eigenvalue weighted by atomic mass is 35.5. The largest absolute Gasteiger partial charge is 0.383 e. The summed E-state index contributed by atoms with van der Waals surface area (Å²) >= 11 is 5.74. The van der Waals surface area contributed by atoms with Gasteiger partial charge in [-0.3, -0.25) is 0 Å². The summed E-state index contributed by atoms with van der Waals surface area (Å²) in [5, 5.41) is 4.14. The predicted molar refractivity (Wildman–Crippen MR) is 50.6 cm³/mol. The zero-order valence-corrected chi connectivity index (χ0v) is 7.82. The van der Waals surface area contributed by atoms with Gasteiger partial charge in [-0.05, 0) is 0 Å². The minimum Gasteiger partial charge on any atom is -0.383 e. The van der Waals surface area contributed by atoms with Crippen molar-refractivity contribution in [2.24, 2.45) is 12.2 Å². The number of hydrogen-bond donors (Lipinski definition) is 0. The van der Waals surface area contributed by atoms with E-state index in [9.17, 15) is 0 Å². The Bertz CT molecular complexity index is 351. The number of imidazole rings is 1. The first-order chi connectivity index (χ1) is 6.25. The standard InChI is InChI=1S/C8H8ClN3O/c1-3-4-13-11-6-8-10-5-7(9)12(8)2/h1,5-6H,4H2,2H3/b11-6+. The molecule has 0 bridgehead atoms. The minimum absolute atomic E-state index is 0.147. The van der Waals surface area contributed by atoms with Crippen LogP contribution in [0.25, 0.3) is 0 Å². The molecule has 1 aromatic rings. The lowest BCUT2D eigenvalue weighted by Crippen LogP contribution is -1.97. The van der Waals surface area contributed by atoms with Crippen molar-refractivity contribution in [2.45, 2.75) is 0 Å². The maximum atomic E-state index is 5.74. The summed E-state index contributed by atoms with van der Waals surface area (Å²) < 4.78 is 1.67. The van der Waals surface area contributed by atoms with E-state index in [1.54, 1.807) is 11.6 Å². The van der Waals surface area contributed by atoms with Gasteiger partial charge in [-0.1, -0.05) is 22.7 Å². The van der Waals surface area contributed by atoms with Gasteiger partial charge in [0.15, 0.2) is 12.4 Å². The second kappa shape index (κ2) is 4.53. The molecule has 0 saturated carbocycles. The predicted octanol–water partition coefficient (Wildman–Crippen LogP) is 1.06. The van der Waals surface area contributed by atoms with E-state index in [0.717, 1.165) is 0 Å². The van der Waals surface area contributed by atoms with Crippen LogP contribution in [-0.2, 0) is 11.9 Å². The highest BCUT2D eigenvalue weighted by Crippen LogP contribution is 2.06. The molecule has 0 saturated heterocycles. The molecule has 1 heterocycles. The molecule has 0 fully saturated rings. The van der Waals surface area contributed by atoms with Crippen molar-refractivity contribution in [2.75, 3.05) is 6.61 Å². The Morgan fingerprint density at radius 3 is 3.23 bits per heavy atom. The van der Waals surface area contributed by atoms with Crippen LogP contribution in [0.4, 0.5) is 0 Å². The van der Waals surface area contributed by atoms with Gasteiger partial charge in [0.1, 0.15) is 11.4 Å². The topological polar surface area (TPSA) is 39.4 Å². The Morgan fingerprint density at radius 1 is 1.92 bits per heavy atom. The molecule has 4 nitrogen and oxygen atoms in total. The van der Waals surface area contributed by atoms with Crippen LogP contribution < -0.4 is 0 Å². The molecule has 0 aromatic carbocycles. The lowest BCUT2D eigenvalue weighted by atomic mass is 10.7. The fourth-order valence-corrected chi connectivity index (χ4v) is 0.816. The molecule has 0 aliphatic heterocycles. The molecule has 1 rings (SSSR count). The van der Waals surface area contributed by atoms with E-state index in [0.29, 0.717) is 11.0 Å². The molecule has 13 heavy (non-hydrogen) atoms. The zero-order chi connectivity index (χ0) is 9.68. The number of aromatic nitrogens is 2. The summed E-state index contributed by atoms with van der Waals surface area (Å²) in [6.45, 7) is 0.147. The van der Waals surface area contributed by atoms with Crippen LogP contribution in [0.3, 0.4) is 0 Å². The van der Waals surface area contributed by atoms with Crippen molar-refractivity contribution >= 4 is 17.8 Å². The fraction of sp³-hybridized carbons (Fsp3) is 0.250. The first-order valence-corrected chi connectivity index (χ1v) is 3.89. The van der Waals surface area contributed by atoms with Gasteiger partial charge in [0, 0.05) is 7.05 Å². The number of nitrogens with zero attached hydrogens (tertiary/aromatic N) is 3. The minimum atomic E-state index is 0.147. The lowest BCUT2D eigenvalue weighted by molar-refractivity contribution is 0.181. The van der Waals surface area contributed by atoms with E-state index in [1.807, 2.05) is 0 Å². The molecule has 5 heteroatoms. The van der Waals surface area contributed by atoms with Crippen LogP contribution >= 0.6 is 11.6 Å². The number of rotatable bonds is 3. The highest BCUT2D eigenvalue weighted by molar-refractivity contribution is 6.29. The highest BCUT2D eigenvalue weighted by Gasteiger charge is 2.00. The maximum Gasteiger partial charge on any atom is 0.177 e. The van der Waals surface area contributed by atoms with Gasteiger partial charge in [0.2, 0.25) is 0 Å². The Balaban J connectivity index is 2.59. The SMILES string of the molecule is C#CCO/N=C/c1ncc(Cl)n1C. The quantitative estimate of drug-likeness (QED) is 0.315. The lowest BCUT2D eigenvalue weighted by Gasteiger charge is -1.94. The van der Waals surface area contributed by atoms with Crippen molar-refractivity contribution < 1.29 is 4.84 Å². The summed E-state index contributed by atoms with van der Waals surface area (Å²) in [6, 6.07) is 0. The molecular formula is C8H8ClN3O. The van der Waals surface area contributed by atoms with Crippen molar-refractivity contribution in [1.82, 2.24) is 9.55 Å². The summed E-state index contributed by atoms with van der Waals surface area (Å²) in [4.78, 5) is 8.65. The number of terminal acetylenes is 1. The Morgan fingerprint density at radius 2 is 2.69 bits per heavy atom. The van der Waals surface area contributed by atoms with Crippen LogP contribution in [0.2, 0.25) is 5.15 Å². The van der Waals surface area contributed by atoms with Crippen LogP contribution in [0.5, 0.6) is 0 Å². The molecule has 0 spiro atoms. The molecule has 68 valence electrons. The summed E-state index contributed by atoms with van der Waals surface area (Å²) in [6.07, 6.45) is 7.93. The van der Waals surface area contributed by atoms with Crippen molar-refractivity contribution in [3.8, 4) is 12.3 Å². The van der Waals surface area contributed by atoms with Gasteiger partial charge in [-0.2, -0.15) is 0 Å². The van der Waals surface area contributed by atoms with Gasteiger partial charge in [0.25, 0.3) is 0 Å². The van der Waals surface area contributed by atoms with Crippen LogP contribution in [-0.4, -0.2) is 22.4 Å². The third-order valence-corrected chi connectivity index (χ3v) is 1.71. The van der Waals surface area contributed by atoms with E-state index in [4.69, 9.17) is 18.0 Å². The van der Waals surface area contributed by atoms with Gasteiger partial charge in [-0.25, -0.2) is 4.98 Å². The molecule has 0 N–H and O–H groups in total. The maximum absolute atomic E-state index is 5.74. The van der Waals surface area contributed by atoms with Gasteiger partial charge < -0.3 is 9.40 Å². The van der Waals surface area contributed by atoms with Crippen molar-refractivity contribution in [1.29, 1.82) is 0 Å². The van der Waals surface area contributed by atoms with Crippen molar-refractivity contribution in [3.63, 3.8) is 0 Å². The third kappa shape index (κ3) is 2.49. The average Bonchev–Trinajstić information content (AvgIpc) is 2.43. The summed E-state index contributed by atoms with van der Waals surface area (Å²) in [7, 11) is 1.78. The second-order valence-electron chi connectivity index (χ2n) is 2.21. The van der Waals surface area contributed by atoms with Gasteiger partial charge in [0.05, 0.1) is 6.20 Å². The number of halogens is 1. The van der Waals surface area contributed by atoms with E-state index >= 15 is 0 Å². The van der Waals surface area contributed by atoms with Crippen LogP contribution in [0.15, 0.2) is 11.4 Å². The molecule has 0 radical (unpaired) electrons. The van der Waals surface area contributed by atoms with E-state index in [2.05, 4.69) is 20.9 Å². The van der Waals surface area contributed by atoms with E-state index in [1.165, 1.54) is 12.4 Å². The first kappa shape index (κ1) is 9.62. The fourth-order valence-electron chi connectivity index (χ4n) is 0.681. The Hall–Kier alpha value is -1.47. The number of hydrogen-bond acceptors (Lipinski definition) is 3. The Labute approximate surface area is 81.2 Å². The van der Waals surface area contributed by atoms with Crippen LogP contribution in [0, 0.1) is 12.3 Å². The molecule has 1 aromatic heterocycles. The molecule has 0 unspecified atom stereocenters. The normalized spacial score (nSPS) is 10.2. The molecule has 0 atom stereocenters. The summed E-state index contributed by atoms with van der Waals surface area (Å²) in [5.74, 6) is 2.90. The smallest absolute Gasteiger partial charge is 0.177 e. The number of oxime groups is 1. The Kier molecular flexibility index (Phi) is 3.35. The van der Waals surface area contributed by atoms with Crippen molar-refractivity contribution in [3.05, 3.63) is 17.2 Å². The first-order valence-electron chi connectivity index (χ1n) is 3.51. The molecule has 0 amide bonds. The second-order valence-corrected chi connectivity index (χ2v) is 2.60. The van der Waals surface area contributed by atoms with Crippen LogP contribution in [0.1, 0.15) is 5.82 Å². The zero-order valence-electron chi connectivity index (χ0n) is 7.07.